The third kappa shape index (κ3) is 3.20. The molecular weight excluding hydrogens is 541 g/mol. The lowest BCUT2D eigenvalue weighted by atomic mass is 9.94. The quantitative estimate of drug-likeness (QED) is 0.221. The van der Waals surface area contributed by atoms with Gasteiger partial charge in [0.25, 0.3) is 0 Å². The van der Waals surface area contributed by atoms with Gasteiger partial charge in [-0.2, -0.15) is 0 Å². The summed E-state index contributed by atoms with van der Waals surface area (Å²) in [7, 11) is 0. The highest BCUT2D eigenvalue weighted by Crippen LogP contribution is 2.51. The highest BCUT2D eigenvalue weighted by atomic mass is 32.2. The Hall–Kier alpha value is -5.25. The van der Waals surface area contributed by atoms with Gasteiger partial charge < -0.3 is 9.55 Å². The second-order valence-electron chi connectivity index (χ2n) is 11.4. The van der Waals surface area contributed by atoms with E-state index in [9.17, 15) is 0 Å². The normalized spacial score (nSPS) is 12.6. The number of fused-ring (bicyclic) bond motifs is 9. The lowest BCUT2D eigenvalue weighted by molar-refractivity contribution is 1.18. The summed E-state index contributed by atoms with van der Waals surface area (Å²) in [5.74, 6) is 0. The molecule has 0 aliphatic carbocycles. The van der Waals surface area contributed by atoms with E-state index in [1.54, 1.807) is 0 Å². The van der Waals surface area contributed by atoms with Crippen LogP contribution in [0, 0.1) is 0 Å². The topological polar surface area (TPSA) is 20.7 Å². The zero-order valence-electron chi connectivity index (χ0n) is 23.1. The molecule has 2 aromatic heterocycles. The van der Waals surface area contributed by atoms with Crippen molar-refractivity contribution >= 4 is 66.1 Å². The van der Waals surface area contributed by atoms with Gasteiger partial charge in [0.15, 0.2) is 0 Å². The fraction of sp³-hybridized carbons (Fsp3) is 0. The van der Waals surface area contributed by atoms with Crippen LogP contribution >= 0.6 is 11.8 Å². The maximum absolute atomic E-state index is 3.63. The molecule has 0 radical (unpaired) electrons. The fourth-order valence-corrected chi connectivity index (χ4v) is 8.48. The van der Waals surface area contributed by atoms with Gasteiger partial charge in [0.1, 0.15) is 0 Å². The Morgan fingerprint density at radius 1 is 0.442 bits per heavy atom. The summed E-state index contributed by atoms with van der Waals surface area (Å²) < 4.78 is 2.45. The molecule has 0 saturated carbocycles. The molecule has 7 aromatic carbocycles. The van der Waals surface area contributed by atoms with E-state index in [1.165, 1.54) is 92.1 Å². The van der Waals surface area contributed by atoms with Crippen molar-refractivity contribution in [3.63, 3.8) is 0 Å². The van der Waals surface area contributed by atoms with Crippen molar-refractivity contribution in [2.24, 2.45) is 0 Å². The van der Waals surface area contributed by atoms with Crippen LogP contribution < -0.4 is 0 Å². The zero-order chi connectivity index (χ0) is 28.1. The van der Waals surface area contributed by atoms with Crippen LogP contribution in [0.25, 0.3) is 82.3 Å². The molecule has 0 spiro atoms. The SMILES string of the molecule is c1ccc(-n2c3ccc(-c4cccc5[nH]c6ccccc6c45)cc3c3c4cccc5c4c(cc32)Sc2ccccc2-5)cc1. The summed E-state index contributed by atoms with van der Waals surface area (Å²) in [5, 5.41) is 7.80. The first kappa shape index (κ1) is 23.3. The van der Waals surface area contributed by atoms with Gasteiger partial charge in [-0.1, -0.05) is 103 Å². The van der Waals surface area contributed by atoms with Gasteiger partial charge in [-0.3, -0.25) is 0 Å². The van der Waals surface area contributed by atoms with Gasteiger partial charge in [-0.25, -0.2) is 0 Å². The molecule has 0 fully saturated rings. The minimum absolute atomic E-state index is 1.17. The molecule has 3 heteroatoms. The lowest BCUT2D eigenvalue weighted by Gasteiger charge is -2.21. The summed E-state index contributed by atoms with van der Waals surface area (Å²) in [6.45, 7) is 0. The molecule has 1 aliphatic heterocycles. The number of hydrogen-bond donors (Lipinski definition) is 1. The van der Waals surface area contributed by atoms with Crippen molar-refractivity contribution in [2.75, 3.05) is 0 Å². The second-order valence-corrected chi connectivity index (χ2v) is 12.5. The third-order valence-corrected chi connectivity index (χ3v) is 10.2. The van der Waals surface area contributed by atoms with Gasteiger partial charge in [-0.05, 0) is 76.2 Å². The minimum atomic E-state index is 1.17. The van der Waals surface area contributed by atoms with Crippen LogP contribution in [0.5, 0.6) is 0 Å². The van der Waals surface area contributed by atoms with Crippen LogP contribution in [0.2, 0.25) is 0 Å². The van der Waals surface area contributed by atoms with Crippen LogP contribution in [0.1, 0.15) is 0 Å². The molecule has 0 saturated heterocycles. The number of rotatable bonds is 2. The molecule has 200 valence electrons. The molecule has 0 unspecified atom stereocenters. The summed E-state index contributed by atoms with van der Waals surface area (Å²) in [4.78, 5) is 6.27. The van der Waals surface area contributed by atoms with E-state index < -0.39 is 0 Å². The number of aromatic nitrogens is 2. The van der Waals surface area contributed by atoms with Gasteiger partial charge in [0, 0.05) is 53.4 Å². The predicted molar refractivity (Wildman–Crippen MR) is 183 cm³/mol. The van der Waals surface area contributed by atoms with E-state index in [-0.39, 0.29) is 0 Å². The van der Waals surface area contributed by atoms with E-state index >= 15 is 0 Å². The van der Waals surface area contributed by atoms with Crippen LogP contribution in [-0.2, 0) is 0 Å². The molecular formula is C40H24N2S. The Bertz CT molecular complexity index is 2590. The third-order valence-electron chi connectivity index (χ3n) is 9.10. The van der Waals surface area contributed by atoms with Crippen molar-refractivity contribution in [1.82, 2.24) is 9.55 Å². The molecule has 0 atom stereocenters. The predicted octanol–water partition coefficient (Wildman–Crippen LogP) is 11.4. The highest BCUT2D eigenvalue weighted by molar-refractivity contribution is 7.99. The van der Waals surface area contributed by atoms with Gasteiger partial charge in [-0.15, -0.1) is 0 Å². The van der Waals surface area contributed by atoms with Crippen LogP contribution in [0.4, 0.5) is 0 Å². The maximum Gasteiger partial charge on any atom is 0.0558 e. The average molecular weight is 565 g/mol. The standard InChI is InChI=1S/C40H24N2S/c1-2-10-25(11-3-1)42-34-21-20-24(26-14-9-18-33-38(26)29-13-4-6-17-32(29)41-33)22-31(34)39-30-16-8-15-28-27-12-5-7-19-36(27)43-37(40(28)30)23-35(39)42/h1-23,41H. The van der Waals surface area contributed by atoms with Crippen molar-refractivity contribution in [2.45, 2.75) is 9.79 Å². The van der Waals surface area contributed by atoms with Crippen LogP contribution in [-0.4, -0.2) is 9.55 Å². The Balaban J connectivity index is 1.35. The van der Waals surface area contributed by atoms with E-state index in [0.717, 1.165) is 0 Å². The van der Waals surface area contributed by atoms with Crippen LogP contribution in [0.15, 0.2) is 149 Å². The zero-order valence-corrected chi connectivity index (χ0v) is 24.0. The first-order chi connectivity index (χ1) is 21.3. The Labute approximate surface area is 252 Å². The second kappa shape index (κ2) is 8.64. The van der Waals surface area contributed by atoms with Crippen LogP contribution in [0.3, 0.4) is 0 Å². The summed E-state index contributed by atoms with van der Waals surface area (Å²) in [6, 6.07) is 51.1. The lowest BCUT2D eigenvalue weighted by Crippen LogP contribution is -1.96. The number of hydrogen-bond acceptors (Lipinski definition) is 1. The number of benzene rings is 7. The Morgan fingerprint density at radius 2 is 1.19 bits per heavy atom. The van der Waals surface area contributed by atoms with Crippen molar-refractivity contribution in [3.8, 4) is 27.9 Å². The van der Waals surface area contributed by atoms with E-state index in [4.69, 9.17) is 0 Å². The first-order valence-corrected chi connectivity index (χ1v) is 15.5. The molecule has 3 heterocycles. The number of para-hydroxylation sites is 2. The fourth-order valence-electron chi connectivity index (χ4n) is 7.32. The Morgan fingerprint density at radius 3 is 2.14 bits per heavy atom. The molecule has 43 heavy (non-hydrogen) atoms. The van der Waals surface area contributed by atoms with Crippen molar-refractivity contribution < 1.29 is 0 Å². The molecule has 1 aliphatic rings. The number of aromatic amines is 1. The van der Waals surface area contributed by atoms with Crippen molar-refractivity contribution in [3.05, 3.63) is 140 Å². The molecule has 9 aromatic rings. The average Bonchev–Trinajstić information content (AvgIpc) is 3.61. The van der Waals surface area contributed by atoms with E-state index in [2.05, 4.69) is 149 Å². The van der Waals surface area contributed by atoms with Gasteiger partial charge in [0.05, 0.1) is 11.0 Å². The minimum Gasteiger partial charge on any atom is -0.354 e. The van der Waals surface area contributed by atoms with E-state index in [0.29, 0.717) is 0 Å². The first-order valence-electron chi connectivity index (χ1n) is 14.7. The largest absolute Gasteiger partial charge is 0.354 e. The number of H-pyrrole nitrogens is 1. The smallest absolute Gasteiger partial charge is 0.0558 e. The highest BCUT2D eigenvalue weighted by Gasteiger charge is 2.24. The molecule has 0 amide bonds. The number of nitrogens with one attached hydrogen (secondary N) is 1. The molecule has 1 N–H and O–H groups in total. The summed E-state index contributed by atoms with van der Waals surface area (Å²) >= 11 is 1.89. The molecule has 10 rings (SSSR count). The van der Waals surface area contributed by atoms with E-state index in [1.807, 2.05) is 11.8 Å². The van der Waals surface area contributed by atoms with Gasteiger partial charge >= 0.3 is 0 Å². The molecule has 2 nitrogen and oxygen atoms in total. The van der Waals surface area contributed by atoms with Gasteiger partial charge in [0.2, 0.25) is 0 Å². The summed E-state index contributed by atoms with van der Waals surface area (Å²) in [5.41, 5.74) is 11.1. The summed E-state index contributed by atoms with van der Waals surface area (Å²) in [6.07, 6.45) is 0. The molecule has 0 bridgehead atoms. The number of nitrogens with zero attached hydrogens (tertiary/aromatic N) is 1. The maximum atomic E-state index is 3.63. The Kier molecular flexibility index (Phi) is 4.68. The van der Waals surface area contributed by atoms with Crippen molar-refractivity contribution in [1.29, 1.82) is 0 Å². The monoisotopic (exact) mass is 564 g/mol.